The number of benzene rings is 2. The number of hydrogen-bond acceptors (Lipinski definition) is 5. The van der Waals surface area contributed by atoms with E-state index in [2.05, 4.69) is 10.6 Å². The number of rotatable bonds is 6. The zero-order valence-electron chi connectivity index (χ0n) is 18.9. The first-order valence-corrected chi connectivity index (χ1v) is 10.8. The van der Waals surface area contributed by atoms with Gasteiger partial charge >= 0.3 is 6.18 Å². The van der Waals surface area contributed by atoms with E-state index in [9.17, 15) is 22.8 Å². The normalized spacial score (nSPS) is 20.6. The monoisotopic (exact) mass is 480 g/mol. The van der Waals surface area contributed by atoms with Gasteiger partial charge in [0.15, 0.2) is 5.79 Å². The molecule has 184 valence electrons. The molecule has 0 bridgehead atoms. The highest BCUT2D eigenvalue weighted by atomic mass is 19.4. The van der Waals surface area contributed by atoms with E-state index < -0.39 is 35.6 Å². The fraction of sp³-hybridized carbons (Fsp3) is 0.417. The van der Waals surface area contributed by atoms with Gasteiger partial charge < -0.3 is 24.8 Å². The summed E-state index contributed by atoms with van der Waals surface area (Å²) in [6.45, 7) is 4.07. The molecule has 1 aliphatic heterocycles. The van der Waals surface area contributed by atoms with Crippen LogP contribution in [0.25, 0.3) is 0 Å². The quantitative estimate of drug-likeness (QED) is 0.662. The van der Waals surface area contributed by atoms with Gasteiger partial charge in [-0.25, -0.2) is 0 Å². The lowest BCUT2D eigenvalue weighted by atomic mass is 10.1. The van der Waals surface area contributed by atoms with Crippen molar-refractivity contribution in [2.45, 2.75) is 38.0 Å². The van der Waals surface area contributed by atoms with Crippen molar-refractivity contribution < 1.29 is 37.0 Å². The summed E-state index contributed by atoms with van der Waals surface area (Å²) >= 11 is 0. The molecule has 0 radical (unpaired) electrons. The fourth-order valence-electron chi connectivity index (χ4n) is 3.42. The Hall–Kier alpha value is -2.95. The van der Waals surface area contributed by atoms with E-state index in [0.29, 0.717) is 5.56 Å². The second kappa shape index (κ2) is 11.0. The molecule has 1 fully saturated rings. The van der Waals surface area contributed by atoms with Gasteiger partial charge in [-0.15, -0.1) is 0 Å². The molecule has 2 aromatic rings. The van der Waals surface area contributed by atoms with Crippen molar-refractivity contribution in [3.63, 3.8) is 0 Å². The minimum atomic E-state index is -4.48. The smallest absolute Gasteiger partial charge is 0.371 e. The van der Waals surface area contributed by atoms with Crippen molar-refractivity contribution in [3.05, 3.63) is 71.3 Å². The van der Waals surface area contributed by atoms with Crippen LogP contribution in [0.3, 0.4) is 0 Å². The highest BCUT2D eigenvalue weighted by Gasteiger charge is 2.34. The van der Waals surface area contributed by atoms with E-state index in [1.165, 1.54) is 0 Å². The number of alkyl halides is 3. The van der Waals surface area contributed by atoms with E-state index in [0.717, 1.165) is 24.3 Å². The van der Waals surface area contributed by atoms with E-state index in [1.54, 1.807) is 44.2 Å². The van der Waals surface area contributed by atoms with Gasteiger partial charge in [0.25, 0.3) is 11.8 Å². The number of carbonyl (C=O) groups is 2. The molecule has 3 rings (SSSR count). The summed E-state index contributed by atoms with van der Waals surface area (Å²) in [7, 11) is 0. The van der Waals surface area contributed by atoms with Gasteiger partial charge in [-0.1, -0.05) is 18.2 Å². The largest absolute Gasteiger partial charge is 0.416 e. The van der Waals surface area contributed by atoms with Crippen LogP contribution in [0.1, 0.15) is 40.1 Å². The van der Waals surface area contributed by atoms with Crippen molar-refractivity contribution in [2.75, 3.05) is 26.3 Å². The summed E-state index contributed by atoms with van der Waals surface area (Å²) in [5, 5.41) is 5.48. The average Bonchev–Trinajstić information content (AvgIpc) is 2.80. The molecule has 7 nitrogen and oxygen atoms in total. The summed E-state index contributed by atoms with van der Waals surface area (Å²) in [4.78, 5) is 25.0. The zero-order chi connectivity index (χ0) is 24.8. The van der Waals surface area contributed by atoms with Gasteiger partial charge in [-0.2, -0.15) is 13.2 Å². The average molecular weight is 480 g/mol. The van der Waals surface area contributed by atoms with Crippen molar-refractivity contribution in [2.24, 2.45) is 0 Å². The molecule has 0 saturated carbocycles. The lowest BCUT2D eigenvalue weighted by Gasteiger charge is -2.37. The molecule has 2 atom stereocenters. The van der Waals surface area contributed by atoms with Crippen LogP contribution in [0.4, 0.5) is 13.2 Å². The molecule has 2 aromatic carbocycles. The first-order valence-electron chi connectivity index (χ1n) is 10.8. The predicted octanol–water partition coefficient (Wildman–Crippen LogP) is 3.40. The van der Waals surface area contributed by atoms with Crippen molar-refractivity contribution in [3.8, 4) is 0 Å². The van der Waals surface area contributed by atoms with E-state index >= 15 is 0 Å². The van der Waals surface area contributed by atoms with Crippen LogP contribution in [0, 0.1) is 0 Å². The van der Waals surface area contributed by atoms with Crippen LogP contribution >= 0.6 is 0 Å². The third-order valence-corrected chi connectivity index (χ3v) is 5.15. The van der Waals surface area contributed by atoms with Gasteiger partial charge in [0.05, 0.1) is 18.8 Å². The fourth-order valence-corrected chi connectivity index (χ4v) is 3.42. The highest BCUT2D eigenvalue weighted by molar-refractivity contribution is 5.94. The van der Waals surface area contributed by atoms with Gasteiger partial charge in [-0.05, 0) is 50.2 Å². The van der Waals surface area contributed by atoms with Gasteiger partial charge in [0, 0.05) is 24.2 Å². The third-order valence-electron chi connectivity index (χ3n) is 5.15. The topological polar surface area (TPSA) is 85.9 Å². The van der Waals surface area contributed by atoms with Crippen LogP contribution < -0.4 is 10.6 Å². The summed E-state index contributed by atoms with van der Waals surface area (Å²) in [5.74, 6) is -1.80. The first kappa shape index (κ1) is 25.7. The van der Waals surface area contributed by atoms with E-state index in [4.69, 9.17) is 14.2 Å². The molecule has 10 heteroatoms. The Morgan fingerprint density at radius 3 is 2.03 bits per heavy atom. The second-order valence-corrected chi connectivity index (χ2v) is 8.18. The maximum atomic E-state index is 12.8. The molecule has 34 heavy (non-hydrogen) atoms. The molecule has 0 aromatic heterocycles. The van der Waals surface area contributed by atoms with Crippen molar-refractivity contribution in [1.29, 1.82) is 0 Å². The Kier molecular flexibility index (Phi) is 8.29. The standard InChI is InChI=1S/C24H27F3N2O5/c1-23(2)33-13-12-32-19(20(34-23)15-29-21(30)16-6-4-3-5-7-16)14-28-22(31)17-8-10-18(11-9-17)24(25,26)27/h3-11,19-20H,12-15H2,1-2H3,(H,28,31)(H,29,30)/t19-,20+/m1/s1. The lowest BCUT2D eigenvalue weighted by molar-refractivity contribution is -0.277. The van der Waals surface area contributed by atoms with Gasteiger partial charge in [-0.3, -0.25) is 9.59 Å². The SMILES string of the molecule is CC1(C)OCCO[C@H](CNC(=O)c2ccc(C(F)(F)F)cc2)[C@H](CNC(=O)c2ccccc2)O1. The predicted molar refractivity (Wildman–Crippen MR) is 117 cm³/mol. The maximum Gasteiger partial charge on any atom is 0.416 e. The second-order valence-electron chi connectivity index (χ2n) is 8.18. The molecular formula is C24H27F3N2O5. The minimum absolute atomic E-state index is 0.0157. The molecule has 1 saturated heterocycles. The Labute approximate surface area is 195 Å². The lowest BCUT2D eigenvalue weighted by Crippen LogP contribution is -2.52. The number of carbonyl (C=O) groups excluding carboxylic acids is 2. The maximum absolute atomic E-state index is 12.8. The zero-order valence-corrected chi connectivity index (χ0v) is 18.9. The highest BCUT2D eigenvalue weighted by Crippen LogP contribution is 2.29. The van der Waals surface area contributed by atoms with Crippen LogP contribution in [-0.4, -0.2) is 56.1 Å². The number of ether oxygens (including phenoxy) is 3. The molecule has 0 aliphatic carbocycles. The molecule has 0 spiro atoms. The van der Waals surface area contributed by atoms with Crippen LogP contribution in [-0.2, 0) is 20.4 Å². The molecule has 1 aliphatic rings. The van der Waals surface area contributed by atoms with Crippen LogP contribution in [0.15, 0.2) is 54.6 Å². The third kappa shape index (κ3) is 7.28. The van der Waals surface area contributed by atoms with Crippen LogP contribution in [0.2, 0.25) is 0 Å². The summed E-state index contributed by atoms with van der Waals surface area (Å²) in [5.41, 5.74) is -0.272. The number of hydrogen-bond donors (Lipinski definition) is 2. The summed E-state index contributed by atoms with van der Waals surface area (Å²) in [6.07, 6.45) is -5.79. The molecular weight excluding hydrogens is 453 g/mol. The Morgan fingerprint density at radius 2 is 1.44 bits per heavy atom. The van der Waals surface area contributed by atoms with E-state index in [1.807, 2.05) is 0 Å². The Bertz CT molecular complexity index is 965. The molecule has 0 unspecified atom stereocenters. The van der Waals surface area contributed by atoms with Gasteiger partial charge in [0.1, 0.15) is 12.2 Å². The molecule has 2 N–H and O–H groups in total. The molecule has 2 amide bonds. The number of amides is 2. The summed E-state index contributed by atoms with van der Waals surface area (Å²) in [6, 6.07) is 12.6. The van der Waals surface area contributed by atoms with Crippen LogP contribution in [0.5, 0.6) is 0 Å². The van der Waals surface area contributed by atoms with Crippen molar-refractivity contribution in [1.82, 2.24) is 10.6 Å². The summed E-state index contributed by atoms with van der Waals surface area (Å²) < 4.78 is 55.7. The Morgan fingerprint density at radius 1 is 0.882 bits per heavy atom. The van der Waals surface area contributed by atoms with Crippen molar-refractivity contribution >= 4 is 11.8 Å². The number of halogens is 3. The molecule has 1 heterocycles. The minimum Gasteiger partial charge on any atom is -0.371 e. The first-order chi connectivity index (χ1) is 16.0. The Balaban J connectivity index is 1.65. The van der Waals surface area contributed by atoms with E-state index in [-0.39, 0.29) is 37.8 Å². The number of nitrogens with one attached hydrogen (secondary N) is 2. The van der Waals surface area contributed by atoms with Gasteiger partial charge in [0.2, 0.25) is 0 Å².